The zero-order valence-electron chi connectivity index (χ0n) is 11.8. The van der Waals surface area contributed by atoms with Gasteiger partial charge in [0.1, 0.15) is 0 Å². The topological polar surface area (TPSA) is 49.3 Å². The van der Waals surface area contributed by atoms with E-state index in [0.29, 0.717) is 11.3 Å². The van der Waals surface area contributed by atoms with Crippen LogP contribution in [0, 0.1) is 11.8 Å². The third kappa shape index (κ3) is 4.45. The molecule has 108 valence electrons. The lowest BCUT2D eigenvalue weighted by Crippen LogP contribution is -2.10. The van der Waals surface area contributed by atoms with Crippen molar-refractivity contribution in [2.45, 2.75) is 19.8 Å². The van der Waals surface area contributed by atoms with Crippen molar-refractivity contribution in [1.82, 2.24) is 0 Å². The third-order valence-corrected chi connectivity index (χ3v) is 4.05. The minimum absolute atomic E-state index is 0.0571. The lowest BCUT2D eigenvalue weighted by atomic mass is 10.2. The standard InChI is InChI=1S/C17H17NO2S/c1-2-15-9-10-16(21-15)17(20)18-14-8-5-7-13(12-14)6-3-4-11-19/h5,7-10,12,19H,2,4,11H2,1H3,(H,18,20). The summed E-state index contributed by atoms with van der Waals surface area (Å²) in [7, 11) is 0. The van der Waals surface area contributed by atoms with Gasteiger partial charge in [0.05, 0.1) is 11.5 Å². The molecular formula is C17H17NO2S. The first-order valence-electron chi connectivity index (χ1n) is 6.82. The molecule has 0 unspecified atom stereocenters. The van der Waals surface area contributed by atoms with Crippen LogP contribution in [0.25, 0.3) is 0 Å². The van der Waals surface area contributed by atoms with Crippen LogP contribution in [0.1, 0.15) is 33.5 Å². The SMILES string of the molecule is CCc1ccc(C(=O)Nc2cccc(C#CCCO)c2)s1. The first kappa shape index (κ1) is 15.3. The average Bonchev–Trinajstić information content (AvgIpc) is 2.97. The molecule has 3 nitrogen and oxygen atoms in total. The smallest absolute Gasteiger partial charge is 0.265 e. The molecule has 0 atom stereocenters. The molecule has 1 aromatic heterocycles. The Hall–Kier alpha value is -2.09. The molecule has 1 amide bonds. The highest BCUT2D eigenvalue weighted by Gasteiger charge is 2.09. The summed E-state index contributed by atoms with van der Waals surface area (Å²) in [4.78, 5) is 14.1. The second-order valence-electron chi connectivity index (χ2n) is 4.43. The van der Waals surface area contributed by atoms with E-state index >= 15 is 0 Å². The van der Waals surface area contributed by atoms with Gasteiger partial charge in [-0.25, -0.2) is 0 Å². The number of benzene rings is 1. The van der Waals surface area contributed by atoms with E-state index in [-0.39, 0.29) is 12.5 Å². The van der Waals surface area contributed by atoms with Crippen LogP contribution >= 0.6 is 11.3 Å². The third-order valence-electron chi connectivity index (χ3n) is 2.82. The number of nitrogens with one attached hydrogen (secondary N) is 1. The molecular weight excluding hydrogens is 282 g/mol. The van der Waals surface area contributed by atoms with Crippen molar-refractivity contribution in [3.63, 3.8) is 0 Å². The highest BCUT2D eigenvalue weighted by Crippen LogP contribution is 2.19. The molecule has 0 aliphatic carbocycles. The summed E-state index contributed by atoms with van der Waals surface area (Å²) < 4.78 is 0. The minimum Gasteiger partial charge on any atom is -0.395 e. The zero-order chi connectivity index (χ0) is 15.1. The number of aliphatic hydroxyl groups is 1. The number of carbonyl (C=O) groups is 1. The number of hydrogen-bond acceptors (Lipinski definition) is 3. The maximum atomic E-state index is 12.1. The molecule has 0 aliphatic rings. The monoisotopic (exact) mass is 299 g/mol. The summed E-state index contributed by atoms with van der Waals surface area (Å²) in [6.45, 7) is 2.13. The van der Waals surface area contributed by atoms with E-state index < -0.39 is 0 Å². The molecule has 2 N–H and O–H groups in total. The number of carbonyl (C=O) groups excluding carboxylic acids is 1. The Labute approximate surface area is 128 Å². The number of amides is 1. The molecule has 0 aliphatic heterocycles. The van der Waals surface area contributed by atoms with E-state index in [4.69, 9.17) is 5.11 Å². The van der Waals surface area contributed by atoms with Crippen LogP contribution in [0.15, 0.2) is 36.4 Å². The van der Waals surface area contributed by atoms with E-state index in [9.17, 15) is 4.79 Å². The number of aliphatic hydroxyl groups excluding tert-OH is 1. The van der Waals surface area contributed by atoms with Gasteiger partial charge in [-0.3, -0.25) is 4.79 Å². The van der Waals surface area contributed by atoms with Crippen molar-refractivity contribution in [1.29, 1.82) is 0 Å². The Kier molecular flexibility index (Phi) is 5.56. The van der Waals surface area contributed by atoms with Gasteiger partial charge in [-0.15, -0.1) is 11.3 Å². The van der Waals surface area contributed by atoms with E-state index in [1.165, 1.54) is 16.2 Å². The first-order chi connectivity index (χ1) is 10.2. The van der Waals surface area contributed by atoms with Gasteiger partial charge >= 0.3 is 0 Å². The molecule has 0 fully saturated rings. The van der Waals surface area contributed by atoms with E-state index in [2.05, 4.69) is 24.1 Å². The van der Waals surface area contributed by atoms with Crippen LogP contribution in [0.2, 0.25) is 0 Å². The summed E-state index contributed by atoms with van der Waals surface area (Å²) in [6, 6.07) is 11.2. The molecule has 1 aromatic carbocycles. The van der Waals surface area contributed by atoms with Crippen molar-refractivity contribution in [2.75, 3.05) is 11.9 Å². The van der Waals surface area contributed by atoms with E-state index in [0.717, 1.165) is 17.7 Å². The van der Waals surface area contributed by atoms with Crippen LogP contribution in [0.5, 0.6) is 0 Å². The number of rotatable bonds is 4. The maximum Gasteiger partial charge on any atom is 0.265 e. The lowest BCUT2D eigenvalue weighted by Gasteiger charge is -2.03. The van der Waals surface area contributed by atoms with Gasteiger partial charge in [0.2, 0.25) is 0 Å². The van der Waals surface area contributed by atoms with Gasteiger partial charge in [0, 0.05) is 22.5 Å². The van der Waals surface area contributed by atoms with Gasteiger partial charge in [-0.05, 0) is 36.8 Å². The molecule has 0 saturated heterocycles. The molecule has 1 heterocycles. The normalized spacial score (nSPS) is 9.81. The Morgan fingerprint density at radius 3 is 2.90 bits per heavy atom. The largest absolute Gasteiger partial charge is 0.395 e. The van der Waals surface area contributed by atoms with E-state index in [1.807, 2.05) is 36.4 Å². The number of thiophene rings is 1. The van der Waals surface area contributed by atoms with Crippen LogP contribution in [-0.2, 0) is 6.42 Å². The van der Waals surface area contributed by atoms with E-state index in [1.54, 1.807) is 0 Å². The fourth-order valence-corrected chi connectivity index (χ4v) is 2.62. The summed E-state index contributed by atoms with van der Waals surface area (Å²) in [6.07, 6.45) is 1.39. The molecule has 2 aromatic rings. The molecule has 21 heavy (non-hydrogen) atoms. The zero-order valence-corrected chi connectivity index (χ0v) is 12.7. The van der Waals surface area contributed by atoms with Crippen molar-refractivity contribution in [3.05, 3.63) is 51.7 Å². The summed E-state index contributed by atoms with van der Waals surface area (Å²) in [5.41, 5.74) is 1.55. The number of aryl methyl sites for hydroxylation is 1. The summed E-state index contributed by atoms with van der Waals surface area (Å²) in [5.74, 6) is 5.72. The van der Waals surface area contributed by atoms with Crippen molar-refractivity contribution >= 4 is 22.9 Å². The number of hydrogen-bond donors (Lipinski definition) is 2. The fraction of sp³-hybridized carbons (Fsp3) is 0.235. The van der Waals surface area contributed by atoms with Crippen molar-refractivity contribution in [2.24, 2.45) is 0 Å². The van der Waals surface area contributed by atoms with Gasteiger partial charge < -0.3 is 10.4 Å². The first-order valence-corrected chi connectivity index (χ1v) is 7.64. The second kappa shape index (κ2) is 7.63. The van der Waals surface area contributed by atoms with Crippen LogP contribution in [-0.4, -0.2) is 17.6 Å². The highest BCUT2D eigenvalue weighted by atomic mass is 32.1. The highest BCUT2D eigenvalue weighted by molar-refractivity contribution is 7.14. The van der Waals surface area contributed by atoms with Crippen molar-refractivity contribution < 1.29 is 9.90 Å². The lowest BCUT2D eigenvalue weighted by molar-refractivity contribution is 0.103. The second-order valence-corrected chi connectivity index (χ2v) is 5.60. The Morgan fingerprint density at radius 1 is 1.33 bits per heavy atom. The molecule has 0 bridgehead atoms. The van der Waals surface area contributed by atoms with Gasteiger partial charge in [0.25, 0.3) is 5.91 Å². The van der Waals surface area contributed by atoms with Gasteiger partial charge in [-0.2, -0.15) is 0 Å². The Morgan fingerprint density at radius 2 is 2.19 bits per heavy atom. The summed E-state index contributed by atoms with van der Waals surface area (Å²) in [5, 5.41) is 11.6. The fourth-order valence-electron chi connectivity index (χ4n) is 1.78. The van der Waals surface area contributed by atoms with Crippen molar-refractivity contribution in [3.8, 4) is 11.8 Å². The Balaban J connectivity index is 2.07. The summed E-state index contributed by atoms with van der Waals surface area (Å²) >= 11 is 1.51. The van der Waals surface area contributed by atoms with Gasteiger partial charge in [-0.1, -0.05) is 24.8 Å². The average molecular weight is 299 g/mol. The predicted octanol–water partition coefficient (Wildman–Crippen LogP) is 3.30. The molecule has 4 heteroatoms. The molecule has 0 spiro atoms. The molecule has 0 radical (unpaired) electrons. The van der Waals surface area contributed by atoms with Crippen LogP contribution in [0.3, 0.4) is 0 Å². The minimum atomic E-state index is -0.0971. The number of anilines is 1. The van der Waals surface area contributed by atoms with Crippen LogP contribution in [0.4, 0.5) is 5.69 Å². The predicted molar refractivity (Wildman–Crippen MR) is 86.7 cm³/mol. The van der Waals surface area contributed by atoms with Crippen LogP contribution < -0.4 is 5.32 Å². The maximum absolute atomic E-state index is 12.1. The quantitative estimate of drug-likeness (QED) is 0.851. The Bertz CT molecular complexity index is 679. The van der Waals surface area contributed by atoms with Gasteiger partial charge in [0.15, 0.2) is 0 Å². The molecule has 2 rings (SSSR count). The molecule has 0 saturated carbocycles.